The Morgan fingerprint density at radius 1 is 1.13 bits per heavy atom. The molecule has 2 aliphatic heterocycles. The van der Waals surface area contributed by atoms with Crippen molar-refractivity contribution >= 4 is 35.0 Å². The Balaban J connectivity index is 1.48. The molecule has 0 saturated heterocycles. The van der Waals surface area contributed by atoms with E-state index in [0.717, 1.165) is 10.6 Å². The van der Waals surface area contributed by atoms with E-state index in [1.165, 1.54) is 11.8 Å². The molecule has 0 radical (unpaired) electrons. The van der Waals surface area contributed by atoms with Crippen molar-refractivity contribution in [3.63, 3.8) is 0 Å². The van der Waals surface area contributed by atoms with E-state index in [-0.39, 0.29) is 24.6 Å². The maximum Gasteiger partial charge on any atom is 0.261 e. The van der Waals surface area contributed by atoms with Gasteiger partial charge in [-0.2, -0.15) is 0 Å². The molecule has 0 unspecified atom stereocenters. The van der Waals surface area contributed by atoms with E-state index in [1.807, 2.05) is 26.0 Å². The van der Waals surface area contributed by atoms with Gasteiger partial charge in [-0.05, 0) is 62.4 Å². The number of nitrogens with one attached hydrogen (secondary N) is 1. The number of pyridine rings is 1. The number of benzene rings is 2. The van der Waals surface area contributed by atoms with Gasteiger partial charge in [0.25, 0.3) is 11.8 Å². The van der Waals surface area contributed by atoms with Crippen molar-refractivity contribution in [1.82, 2.24) is 4.98 Å². The van der Waals surface area contributed by atoms with Crippen molar-refractivity contribution in [3.05, 3.63) is 65.9 Å². The fourth-order valence-electron chi connectivity index (χ4n) is 3.60. The molecule has 1 aromatic heterocycles. The van der Waals surface area contributed by atoms with Gasteiger partial charge in [0, 0.05) is 28.4 Å². The highest BCUT2D eigenvalue weighted by atomic mass is 32.2. The van der Waals surface area contributed by atoms with Crippen molar-refractivity contribution < 1.29 is 19.1 Å². The van der Waals surface area contributed by atoms with Crippen LogP contribution < -0.4 is 19.7 Å². The fraction of sp³-hybridized carbons (Fsp3) is 0.174. The number of hydrogen-bond acceptors (Lipinski definition) is 6. The highest BCUT2D eigenvalue weighted by molar-refractivity contribution is 7.99. The Morgan fingerprint density at radius 3 is 2.81 bits per heavy atom. The van der Waals surface area contributed by atoms with Gasteiger partial charge in [-0.3, -0.25) is 9.59 Å². The zero-order chi connectivity index (χ0) is 21.5. The van der Waals surface area contributed by atoms with Crippen LogP contribution in [-0.2, 0) is 0 Å². The molecule has 0 aliphatic carbocycles. The van der Waals surface area contributed by atoms with E-state index in [4.69, 9.17) is 9.47 Å². The zero-order valence-corrected chi connectivity index (χ0v) is 17.7. The van der Waals surface area contributed by atoms with Gasteiger partial charge in [0.05, 0.1) is 11.3 Å². The lowest BCUT2D eigenvalue weighted by Crippen LogP contribution is -2.37. The van der Waals surface area contributed by atoms with E-state index in [0.29, 0.717) is 33.3 Å². The third-order valence-electron chi connectivity index (χ3n) is 5.06. The lowest BCUT2D eigenvalue weighted by Gasteiger charge is -2.27. The van der Waals surface area contributed by atoms with E-state index in [9.17, 15) is 9.59 Å². The van der Waals surface area contributed by atoms with E-state index in [2.05, 4.69) is 10.3 Å². The van der Waals surface area contributed by atoms with Gasteiger partial charge >= 0.3 is 0 Å². The van der Waals surface area contributed by atoms with Crippen molar-refractivity contribution in [1.29, 1.82) is 0 Å². The summed E-state index contributed by atoms with van der Waals surface area (Å²) in [5, 5.41) is 3.58. The summed E-state index contributed by atoms with van der Waals surface area (Å²) in [6.45, 7) is 4.11. The maximum absolute atomic E-state index is 13.2. The molecule has 2 aromatic carbocycles. The number of fused-ring (bicyclic) bond motifs is 3. The minimum absolute atomic E-state index is 0.0351. The molecule has 0 spiro atoms. The summed E-state index contributed by atoms with van der Waals surface area (Å²) in [7, 11) is 0. The summed E-state index contributed by atoms with van der Waals surface area (Å²) >= 11 is 1.42. The molecular weight excluding hydrogens is 414 g/mol. The highest BCUT2D eigenvalue weighted by Crippen LogP contribution is 2.42. The number of hydrogen-bond donors (Lipinski definition) is 1. The van der Waals surface area contributed by atoms with Crippen LogP contribution in [0.5, 0.6) is 11.5 Å². The molecule has 0 bridgehead atoms. The minimum atomic E-state index is -0.257. The third kappa shape index (κ3) is 3.48. The fourth-order valence-corrected chi connectivity index (χ4v) is 4.65. The van der Waals surface area contributed by atoms with Crippen molar-refractivity contribution in [2.45, 2.75) is 29.8 Å². The number of carbonyl (C=O) groups excluding carboxylic acids is 2. The van der Waals surface area contributed by atoms with Crippen LogP contribution in [0.15, 0.2) is 64.6 Å². The third-order valence-corrected chi connectivity index (χ3v) is 6.12. The molecule has 31 heavy (non-hydrogen) atoms. The second kappa shape index (κ2) is 7.63. The maximum atomic E-state index is 13.2. The Bertz CT molecular complexity index is 1210. The van der Waals surface area contributed by atoms with Gasteiger partial charge in [0.1, 0.15) is 5.03 Å². The number of amides is 2. The second-order valence-electron chi connectivity index (χ2n) is 7.43. The first-order valence-electron chi connectivity index (χ1n) is 9.83. The number of nitrogens with zero attached hydrogens (tertiary/aromatic N) is 2. The molecule has 1 N–H and O–H groups in total. The zero-order valence-electron chi connectivity index (χ0n) is 16.9. The van der Waals surface area contributed by atoms with Crippen molar-refractivity contribution in [3.8, 4) is 11.5 Å². The Labute approximate surface area is 183 Å². The predicted molar refractivity (Wildman–Crippen MR) is 117 cm³/mol. The average Bonchev–Trinajstić information content (AvgIpc) is 3.18. The number of ether oxygens (including phenoxy) is 2. The van der Waals surface area contributed by atoms with Crippen LogP contribution in [0.3, 0.4) is 0 Å². The summed E-state index contributed by atoms with van der Waals surface area (Å²) in [5.74, 6) is 0.843. The van der Waals surface area contributed by atoms with Gasteiger partial charge in [-0.25, -0.2) is 4.98 Å². The molecular formula is C23H19N3O4S. The first-order chi connectivity index (χ1) is 15.0. The normalized spacial score (nSPS) is 14.2. The first kappa shape index (κ1) is 19.4. The smallest absolute Gasteiger partial charge is 0.261 e. The number of rotatable bonds is 3. The van der Waals surface area contributed by atoms with Crippen LogP contribution in [-0.4, -0.2) is 29.6 Å². The molecule has 2 aliphatic rings. The largest absolute Gasteiger partial charge is 0.454 e. The van der Waals surface area contributed by atoms with Crippen LogP contribution in [0.4, 0.5) is 11.4 Å². The quantitative estimate of drug-likeness (QED) is 0.651. The number of aromatic nitrogens is 1. The summed E-state index contributed by atoms with van der Waals surface area (Å²) in [4.78, 5) is 33.0. The Morgan fingerprint density at radius 2 is 1.97 bits per heavy atom. The molecule has 0 fully saturated rings. The standard InChI is InChI=1S/C23H19N3O4S/c1-13(2)26-17-7-6-15(11-20(17)31-22-16(23(26)28)4-3-9-24-22)25-21(27)14-5-8-18-19(10-14)30-12-29-18/h3-11,13H,12H2,1-2H3,(H,25,27). The molecule has 3 heterocycles. The van der Waals surface area contributed by atoms with Gasteiger partial charge in [0.15, 0.2) is 11.5 Å². The van der Waals surface area contributed by atoms with E-state index in [1.54, 1.807) is 47.5 Å². The van der Waals surface area contributed by atoms with Gasteiger partial charge in [0.2, 0.25) is 6.79 Å². The number of anilines is 2. The lowest BCUT2D eigenvalue weighted by molar-refractivity contribution is 0.0975. The first-order valence-corrected chi connectivity index (χ1v) is 10.6. The number of carbonyl (C=O) groups is 2. The van der Waals surface area contributed by atoms with Crippen molar-refractivity contribution in [2.75, 3.05) is 17.0 Å². The van der Waals surface area contributed by atoms with Crippen LogP contribution in [0.25, 0.3) is 0 Å². The SMILES string of the molecule is CC(C)N1C(=O)c2cccnc2Sc2cc(NC(=O)c3ccc4c(c3)OCO4)ccc21. The summed E-state index contributed by atoms with van der Waals surface area (Å²) in [6.07, 6.45) is 1.68. The van der Waals surface area contributed by atoms with E-state index < -0.39 is 0 Å². The van der Waals surface area contributed by atoms with E-state index >= 15 is 0 Å². The predicted octanol–water partition coefficient (Wildman–Crippen LogP) is 4.58. The molecule has 7 nitrogen and oxygen atoms in total. The molecule has 8 heteroatoms. The van der Waals surface area contributed by atoms with Crippen LogP contribution in [0, 0.1) is 0 Å². The molecule has 3 aromatic rings. The van der Waals surface area contributed by atoms with Crippen LogP contribution >= 0.6 is 11.8 Å². The topological polar surface area (TPSA) is 80.8 Å². The Kier molecular flexibility index (Phi) is 4.78. The second-order valence-corrected chi connectivity index (χ2v) is 8.46. The van der Waals surface area contributed by atoms with Gasteiger partial charge < -0.3 is 19.7 Å². The molecule has 2 amide bonds. The van der Waals surface area contributed by atoms with Crippen LogP contribution in [0.2, 0.25) is 0 Å². The molecule has 5 rings (SSSR count). The van der Waals surface area contributed by atoms with Crippen molar-refractivity contribution in [2.24, 2.45) is 0 Å². The molecule has 0 saturated carbocycles. The monoisotopic (exact) mass is 433 g/mol. The highest BCUT2D eigenvalue weighted by Gasteiger charge is 2.30. The summed E-state index contributed by atoms with van der Waals surface area (Å²) in [6, 6.07) is 14.1. The molecule has 0 atom stereocenters. The lowest BCUT2D eigenvalue weighted by atomic mass is 10.1. The van der Waals surface area contributed by atoms with Gasteiger partial charge in [-0.1, -0.05) is 11.8 Å². The Hall–Kier alpha value is -3.52. The summed E-state index contributed by atoms with van der Waals surface area (Å²) in [5.41, 5.74) is 2.47. The van der Waals surface area contributed by atoms with Crippen LogP contribution in [0.1, 0.15) is 34.6 Å². The molecule has 156 valence electrons. The minimum Gasteiger partial charge on any atom is -0.454 e. The average molecular weight is 433 g/mol. The summed E-state index contributed by atoms with van der Waals surface area (Å²) < 4.78 is 10.7. The van der Waals surface area contributed by atoms with Gasteiger partial charge in [-0.15, -0.1) is 0 Å².